The molecule has 8 nitrogen and oxygen atoms in total. The Kier molecular flexibility index (Phi) is 6.15. The number of carbonyl (C=O) groups is 1. The smallest absolute Gasteiger partial charge is 0.209 e. The van der Waals surface area contributed by atoms with Crippen LogP contribution in [0.25, 0.3) is 10.2 Å². The number of nitrogen functional groups attached to an aromatic ring is 1. The van der Waals surface area contributed by atoms with Gasteiger partial charge in [-0.1, -0.05) is 0 Å². The summed E-state index contributed by atoms with van der Waals surface area (Å²) in [6, 6.07) is 1.81. The molecule has 146 valence electrons. The third-order valence-electron chi connectivity index (χ3n) is 4.33. The van der Waals surface area contributed by atoms with Crippen molar-refractivity contribution in [2.45, 2.75) is 25.7 Å². The summed E-state index contributed by atoms with van der Waals surface area (Å²) in [7, 11) is 3.38. The molecule has 0 atom stereocenters. The van der Waals surface area contributed by atoms with Crippen molar-refractivity contribution in [1.29, 1.82) is 5.41 Å². The van der Waals surface area contributed by atoms with E-state index in [0.29, 0.717) is 11.4 Å². The highest BCUT2D eigenvalue weighted by molar-refractivity contribution is 7.19. The molecule has 3 aromatic heterocycles. The monoisotopic (exact) mass is 397 g/mol. The van der Waals surface area contributed by atoms with E-state index in [2.05, 4.69) is 20.3 Å². The maximum Gasteiger partial charge on any atom is 0.209 e. The fraction of sp³-hybridized carbons (Fsp3) is 0.316. The van der Waals surface area contributed by atoms with Crippen molar-refractivity contribution in [3.63, 3.8) is 0 Å². The SMILES string of the molecule is CN(C)C=O.N=Cc1cc(Nc2ncnc3sc4c(c23)CCCC4)cnc1N. The Morgan fingerprint density at radius 1 is 1.25 bits per heavy atom. The number of hydrogen-bond acceptors (Lipinski definition) is 8. The number of fused-ring (bicyclic) bond motifs is 3. The number of hydrogen-bond donors (Lipinski definition) is 3. The third-order valence-corrected chi connectivity index (χ3v) is 5.53. The molecule has 0 aliphatic heterocycles. The highest BCUT2D eigenvalue weighted by atomic mass is 32.1. The van der Waals surface area contributed by atoms with Gasteiger partial charge in [0.2, 0.25) is 6.41 Å². The molecule has 1 aliphatic rings. The minimum Gasteiger partial charge on any atom is -0.383 e. The van der Waals surface area contributed by atoms with Crippen LogP contribution in [0.15, 0.2) is 18.6 Å². The lowest BCUT2D eigenvalue weighted by atomic mass is 9.97. The molecule has 0 saturated carbocycles. The largest absolute Gasteiger partial charge is 0.383 e. The van der Waals surface area contributed by atoms with Crippen LogP contribution in [-0.4, -0.2) is 46.6 Å². The average Bonchev–Trinajstić information content (AvgIpc) is 3.09. The van der Waals surface area contributed by atoms with Gasteiger partial charge in [-0.25, -0.2) is 15.0 Å². The number of amides is 1. The molecule has 0 saturated heterocycles. The molecule has 0 spiro atoms. The number of aryl methyl sites for hydroxylation is 2. The Morgan fingerprint density at radius 3 is 2.71 bits per heavy atom. The van der Waals surface area contributed by atoms with Gasteiger partial charge < -0.3 is 21.4 Å². The van der Waals surface area contributed by atoms with Gasteiger partial charge in [0.1, 0.15) is 22.8 Å². The summed E-state index contributed by atoms with van der Waals surface area (Å²) in [5.74, 6) is 1.16. The van der Waals surface area contributed by atoms with Gasteiger partial charge in [0.15, 0.2) is 0 Å². The number of aromatic nitrogens is 3. The van der Waals surface area contributed by atoms with E-state index in [1.165, 1.54) is 34.4 Å². The van der Waals surface area contributed by atoms with Gasteiger partial charge in [0.05, 0.1) is 17.3 Å². The Balaban J connectivity index is 0.000000403. The van der Waals surface area contributed by atoms with Gasteiger partial charge in [-0.05, 0) is 37.3 Å². The van der Waals surface area contributed by atoms with Crippen molar-refractivity contribution in [3.8, 4) is 0 Å². The highest BCUT2D eigenvalue weighted by Gasteiger charge is 2.20. The number of nitrogens with zero attached hydrogens (tertiary/aromatic N) is 4. The zero-order valence-electron chi connectivity index (χ0n) is 15.9. The molecule has 4 rings (SSSR count). The van der Waals surface area contributed by atoms with E-state index in [4.69, 9.17) is 11.1 Å². The van der Waals surface area contributed by atoms with E-state index in [-0.39, 0.29) is 0 Å². The van der Waals surface area contributed by atoms with Crippen LogP contribution in [0.1, 0.15) is 28.8 Å². The Morgan fingerprint density at radius 2 is 2.00 bits per heavy atom. The van der Waals surface area contributed by atoms with Crippen molar-refractivity contribution in [3.05, 3.63) is 34.6 Å². The molecule has 1 amide bonds. The van der Waals surface area contributed by atoms with E-state index in [1.54, 1.807) is 38.0 Å². The van der Waals surface area contributed by atoms with Crippen LogP contribution in [0.2, 0.25) is 0 Å². The number of nitrogens with one attached hydrogen (secondary N) is 2. The molecule has 28 heavy (non-hydrogen) atoms. The number of anilines is 3. The summed E-state index contributed by atoms with van der Waals surface area (Å²) in [6.07, 6.45) is 9.90. The van der Waals surface area contributed by atoms with E-state index in [1.807, 2.05) is 6.07 Å². The molecule has 4 N–H and O–H groups in total. The van der Waals surface area contributed by atoms with Crippen LogP contribution < -0.4 is 11.1 Å². The van der Waals surface area contributed by atoms with Crippen molar-refractivity contribution < 1.29 is 4.79 Å². The summed E-state index contributed by atoms with van der Waals surface area (Å²) in [6.45, 7) is 0. The second-order valence-electron chi connectivity index (χ2n) is 6.65. The molecule has 0 fully saturated rings. The molecule has 0 radical (unpaired) electrons. The van der Waals surface area contributed by atoms with Gasteiger partial charge >= 0.3 is 0 Å². The highest BCUT2D eigenvalue weighted by Crippen LogP contribution is 2.38. The van der Waals surface area contributed by atoms with E-state index < -0.39 is 0 Å². The number of rotatable bonds is 4. The van der Waals surface area contributed by atoms with Crippen molar-refractivity contribution in [2.75, 3.05) is 25.1 Å². The molecule has 1 aliphatic carbocycles. The molecule has 0 bridgehead atoms. The minimum absolute atomic E-state index is 0.353. The first kappa shape index (κ1) is 19.7. The molecular formula is C19H23N7OS. The van der Waals surface area contributed by atoms with Crippen LogP contribution in [0.4, 0.5) is 17.3 Å². The lowest BCUT2D eigenvalue weighted by Crippen LogP contribution is -2.06. The van der Waals surface area contributed by atoms with Crippen LogP contribution >= 0.6 is 11.3 Å². The fourth-order valence-corrected chi connectivity index (χ4v) is 4.23. The standard InChI is InChI=1S/C16H16N6S.C3H7NO/c17-6-9-5-10(7-19-14(9)18)22-15-13-11-3-1-2-4-12(11)23-16(13)21-8-20-15;1-4(2)3-5/h5-8,17H,1-4H2,(H2,18,19)(H,20,21,22);3H,1-2H3. The molecular weight excluding hydrogens is 374 g/mol. The van der Waals surface area contributed by atoms with Gasteiger partial charge in [0, 0.05) is 30.8 Å². The van der Waals surface area contributed by atoms with E-state index in [9.17, 15) is 4.79 Å². The molecule has 3 aromatic rings. The number of nitrogens with two attached hydrogens (primary N) is 1. The summed E-state index contributed by atoms with van der Waals surface area (Å²) >= 11 is 1.77. The van der Waals surface area contributed by atoms with Gasteiger partial charge in [-0.3, -0.25) is 4.79 Å². The van der Waals surface area contributed by atoms with Crippen LogP contribution in [0, 0.1) is 5.41 Å². The van der Waals surface area contributed by atoms with Crippen molar-refractivity contribution >= 4 is 51.5 Å². The number of pyridine rings is 1. The van der Waals surface area contributed by atoms with Gasteiger partial charge in [-0.15, -0.1) is 11.3 Å². The van der Waals surface area contributed by atoms with Crippen LogP contribution in [0.3, 0.4) is 0 Å². The Labute approximate surface area is 167 Å². The molecule has 3 heterocycles. The number of thiophene rings is 1. The first-order chi connectivity index (χ1) is 13.5. The zero-order chi connectivity index (χ0) is 20.1. The maximum atomic E-state index is 9.43. The molecule has 0 unspecified atom stereocenters. The average molecular weight is 398 g/mol. The Bertz CT molecular complexity index is 999. The molecule has 0 aromatic carbocycles. The van der Waals surface area contributed by atoms with Crippen LogP contribution in [0.5, 0.6) is 0 Å². The third kappa shape index (κ3) is 4.25. The minimum atomic E-state index is 0.353. The maximum absolute atomic E-state index is 9.43. The van der Waals surface area contributed by atoms with E-state index >= 15 is 0 Å². The fourth-order valence-electron chi connectivity index (χ4n) is 3.00. The second-order valence-corrected chi connectivity index (χ2v) is 7.73. The van der Waals surface area contributed by atoms with Gasteiger partial charge in [0.25, 0.3) is 0 Å². The molecule has 9 heteroatoms. The van der Waals surface area contributed by atoms with Crippen molar-refractivity contribution in [1.82, 2.24) is 19.9 Å². The first-order valence-corrected chi connectivity index (χ1v) is 9.75. The van der Waals surface area contributed by atoms with Gasteiger partial charge in [-0.2, -0.15) is 0 Å². The predicted molar refractivity (Wildman–Crippen MR) is 114 cm³/mol. The zero-order valence-corrected chi connectivity index (χ0v) is 16.7. The summed E-state index contributed by atoms with van der Waals surface area (Å²) in [5.41, 5.74) is 8.49. The van der Waals surface area contributed by atoms with E-state index in [0.717, 1.165) is 41.0 Å². The first-order valence-electron chi connectivity index (χ1n) is 8.93. The van der Waals surface area contributed by atoms with Crippen molar-refractivity contribution in [2.24, 2.45) is 0 Å². The summed E-state index contributed by atoms with van der Waals surface area (Å²) in [4.78, 5) is 26.3. The summed E-state index contributed by atoms with van der Waals surface area (Å²) < 4.78 is 0. The Hall–Kier alpha value is -3.07. The quantitative estimate of drug-likeness (QED) is 0.460. The lowest BCUT2D eigenvalue weighted by Gasteiger charge is -2.12. The normalized spacial score (nSPS) is 12.5. The summed E-state index contributed by atoms with van der Waals surface area (Å²) in [5, 5.41) is 11.8. The predicted octanol–water partition coefficient (Wildman–Crippen LogP) is 2.99. The lowest BCUT2D eigenvalue weighted by molar-refractivity contribution is -0.115. The number of carbonyl (C=O) groups excluding carboxylic acids is 1. The van der Waals surface area contributed by atoms with Crippen LogP contribution in [-0.2, 0) is 17.6 Å². The topological polar surface area (TPSA) is 121 Å². The second kappa shape index (κ2) is 8.75.